The molecule has 2 rings (SSSR count). The van der Waals surface area contributed by atoms with Gasteiger partial charge in [-0.15, -0.1) is 0 Å². The van der Waals surface area contributed by atoms with E-state index in [1.807, 2.05) is 0 Å². The highest BCUT2D eigenvalue weighted by atomic mass is 35.5. The third-order valence-corrected chi connectivity index (χ3v) is 2.67. The summed E-state index contributed by atoms with van der Waals surface area (Å²) in [5.74, 6) is 0.910. The van der Waals surface area contributed by atoms with E-state index in [4.69, 9.17) is 21.2 Å². The summed E-state index contributed by atoms with van der Waals surface area (Å²) in [6.45, 7) is 1.87. The number of halogens is 1. The summed E-state index contributed by atoms with van der Waals surface area (Å²) in [6, 6.07) is 0. The van der Waals surface area contributed by atoms with E-state index in [1.165, 1.54) is 6.20 Å². The molecule has 0 bridgehead atoms. The first kappa shape index (κ1) is 13.5. The van der Waals surface area contributed by atoms with Crippen LogP contribution < -0.4 is 10.9 Å². The maximum Gasteiger partial charge on any atom is 0.287 e. The lowest BCUT2D eigenvalue weighted by Gasteiger charge is -2.07. The van der Waals surface area contributed by atoms with E-state index >= 15 is 0 Å². The van der Waals surface area contributed by atoms with Gasteiger partial charge in [0, 0.05) is 6.92 Å². The number of hydrogen-bond acceptors (Lipinski definition) is 7. The first-order valence-corrected chi connectivity index (χ1v) is 5.89. The Morgan fingerprint density at radius 3 is 3.00 bits per heavy atom. The lowest BCUT2D eigenvalue weighted by Crippen LogP contribution is -2.25. The third kappa shape index (κ3) is 3.09. The molecule has 19 heavy (non-hydrogen) atoms. The number of hydrogen-bond donors (Lipinski definition) is 2. The van der Waals surface area contributed by atoms with Crippen LogP contribution in [0.3, 0.4) is 0 Å². The smallest absolute Gasteiger partial charge is 0.287 e. The molecule has 2 aromatic rings. The minimum atomic E-state index is -0.468. The van der Waals surface area contributed by atoms with Crippen molar-refractivity contribution in [3.8, 4) is 0 Å². The molecule has 8 nitrogen and oxygen atoms in total. The monoisotopic (exact) mass is 285 g/mol. The van der Waals surface area contributed by atoms with Gasteiger partial charge in [0.1, 0.15) is 5.02 Å². The van der Waals surface area contributed by atoms with E-state index in [9.17, 15) is 4.79 Å². The number of anilines is 1. The molecule has 0 aliphatic heterocycles. The van der Waals surface area contributed by atoms with E-state index in [0.29, 0.717) is 17.4 Å². The molecule has 2 aromatic heterocycles. The average Bonchev–Trinajstić information content (AvgIpc) is 2.80. The maximum atomic E-state index is 11.8. The fraction of sp³-hybridized carbons (Fsp3) is 0.400. The molecule has 0 amide bonds. The van der Waals surface area contributed by atoms with Gasteiger partial charge in [-0.1, -0.05) is 16.8 Å². The number of rotatable bonds is 5. The Morgan fingerprint density at radius 2 is 2.37 bits per heavy atom. The summed E-state index contributed by atoms with van der Waals surface area (Å²) in [5, 5.41) is 19.3. The molecule has 0 aliphatic carbocycles. The molecule has 0 radical (unpaired) electrons. The van der Waals surface area contributed by atoms with Crippen molar-refractivity contribution < 1.29 is 9.63 Å². The van der Waals surface area contributed by atoms with Crippen LogP contribution in [0.4, 0.5) is 5.69 Å². The standard InChI is InChI=1S/C10H12ClN5O3/c1-6-14-8(15-19-6)5-12-7-4-13-16(2-3-17)10(18)9(7)11/h4,12,17H,2-3,5H2,1H3. The predicted octanol–water partition coefficient (Wildman–Crippen LogP) is 0.193. The average molecular weight is 286 g/mol. The summed E-state index contributed by atoms with van der Waals surface area (Å²) < 4.78 is 5.90. The lowest BCUT2D eigenvalue weighted by molar-refractivity contribution is 0.266. The molecule has 2 heterocycles. The summed E-state index contributed by atoms with van der Waals surface area (Å²) in [6.07, 6.45) is 1.41. The minimum Gasteiger partial charge on any atom is -0.394 e. The van der Waals surface area contributed by atoms with Gasteiger partial charge in [-0.25, -0.2) is 4.68 Å². The molecule has 0 unspecified atom stereocenters. The van der Waals surface area contributed by atoms with E-state index in [1.54, 1.807) is 6.92 Å². The van der Waals surface area contributed by atoms with Crippen LogP contribution in [0, 0.1) is 6.92 Å². The largest absolute Gasteiger partial charge is 0.394 e. The molecule has 0 spiro atoms. The Balaban J connectivity index is 2.13. The Hall–Kier alpha value is -1.93. The maximum absolute atomic E-state index is 11.8. The van der Waals surface area contributed by atoms with Gasteiger partial charge < -0.3 is 14.9 Å². The summed E-state index contributed by atoms with van der Waals surface area (Å²) in [4.78, 5) is 15.8. The van der Waals surface area contributed by atoms with Crippen LogP contribution in [0.2, 0.25) is 5.02 Å². The van der Waals surface area contributed by atoms with Crippen molar-refractivity contribution in [2.45, 2.75) is 20.0 Å². The zero-order chi connectivity index (χ0) is 13.8. The van der Waals surface area contributed by atoms with Gasteiger partial charge in [0.2, 0.25) is 5.89 Å². The van der Waals surface area contributed by atoms with Crippen molar-refractivity contribution in [2.75, 3.05) is 11.9 Å². The van der Waals surface area contributed by atoms with Gasteiger partial charge in [0.15, 0.2) is 5.82 Å². The van der Waals surface area contributed by atoms with Crippen LogP contribution in [-0.2, 0) is 13.1 Å². The minimum absolute atomic E-state index is 0.00340. The quantitative estimate of drug-likeness (QED) is 0.808. The van der Waals surface area contributed by atoms with Gasteiger partial charge in [-0.2, -0.15) is 10.1 Å². The van der Waals surface area contributed by atoms with Crippen LogP contribution >= 0.6 is 11.6 Å². The van der Waals surface area contributed by atoms with Gasteiger partial charge in [0.05, 0.1) is 31.6 Å². The van der Waals surface area contributed by atoms with Crippen molar-refractivity contribution in [1.29, 1.82) is 0 Å². The molecule has 102 valence electrons. The highest BCUT2D eigenvalue weighted by molar-refractivity contribution is 6.32. The summed E-state index contributed by atoms with van der Waals surface area (Å²) >= 11 is 5.92. The van der Waals surface area contributed by atoms with Gasteiger partial charge in [-0.3, -0.25) is 4.79 Å². The first-order valence-electron chi connectivity index (χ1n) is 5.51. The van der Waals surface area contributed by atoms with Gasteiger partial charge in [0.25, 0.3) is 5.56 Å². The van der Waals surface area contributed by atoms with Crippen LogP contribution in [0.1, 0.15) is 11.7 Å². The van der Waals surface area contributed by atoms with Gasteiger partial charge in [-0.05, 0) is 0 Å². The van der Waals surface area contributed by atoms with Crippen LogP contribution in [0.5, 0.6) is 0 Å². The zero-order valence-corrected chi connectivity index (χ0v) is 10.9. The molecular weight excluding hydrogens is 274 g/mol. The Bertz CT molecular complexity index is 624. The summed E-state index contributed by atoms with van der Waals surface area (Å²) in [7, 11) is 0. The molecule has 0 aromatic carbocycles. The van der Waals surface area contributed by atoms with Crippen LogP contribution in [0.15, 0.2) is 15.5 Å². The van der Waals surface area contributed by atoms with Crippen LogP contribution in [0.25, 0.3) is 0 Å². The van der Waals surface area contributed by atoms with Crippen LogP contribution in [-0.4, -0.2) is 31.6 Å². The second-order valence-electron chi connectivity index (χ2n) is 3.71. The molecule has 2 N–H and O–H groups in total. The predicted molar refractivity (Wildman–Crippen MR) is 67.0 cm³/mol. The molecule has 0 atom stereocenters. The SMILES string of the molecule is Cc1nc(CNc2cnn(CCO)c(=O)c2Cl)no1. The van der Waals surface area contributed by atoms with Crippen molar-refractivity contribution in [3.63, 3.8) is 0 Å². The Morgan fingerprint density at radius 1 is 1.58 bits per heavy atom. The van der Waals surface area contributed by atoms with E-state index in [-0.39, 0.29) is 24.7 Å². The van der Waals surface area contributed by atoms with E-state index in [2.05, 4.69) is 20.6 Å². The third-order valence-electron chi connectivity index (χ3n) is 2.30. The molecular formula is C10H12ClN5O3. The molecule has 0 fully saturated rings. The number of aromatic nitrogens is 4. The number of aliphatic hydroxyl groups excluding tert-OH is 1. The fourth-order valence-electron chi connectivity index (χ4n) is 1.43. The fourth-order valence-corrected chi connectivity index (χ4v) is 1.64. The van der Waals surface area contributed by atoms with Crippen molar-refractivity contribution >= 4 is 17.3 Å². The normalized spacial score (nSPS) is 10.7. The highest BCUT2D eigenvalue weighted by Crippen LogP contribution is 2.15. The molecule has 0 aliphatic rings. The topological polar surface area (TPSA) is 106 Å². The first-order chi connectivity index (χ1) is 9.11. The van der Waals surface area contributed by atoms with Crippen molar-refractivity contribution in [3.05, 3.63) is 33.3 Å². The van der Waals surface area contributed by atoms with Gasteiger partial charge >= 0.3 is 0 Å². The molecule has 0 saturated carbocycles. The molecule has 0 saturated heterocycles. The summed E-state index contributed by atoms with van der Waals surface area (Å²) in [5.41, 5.74) is -0.0895. The highest BCUT2D eigenvalue weighted by Gasteiger charge is 2.10. The molecule has 9 heteroatoms. The lowest BCUT2D eigenvalue weighted by atomic mass is 10.4. The Kier molecular flexibility index (Phi) is 4.13. The Labute approximate surface area is 113 Å². The second kappa shape index (κ2) is 5.81. The number of aliphatic hydroxyl groups is 1. The van der Waals surface area contributed by atoms with E-state index in [0.717, 1.165) is 4.68 Å². The van der Waals surface area contributed by atoms with Crippen molar-refractivity contribution in [2.24, 2.45) is 0 Å². The van der Waals surface area contributed by atoms with E-state index < -0.39 is 5.56 Å². The van der Waals surface area contributed by atoms with Crippen molar-refractivity contribution in [1.82, 2.24) is 19.9 Å². The second-order valence-corrected chi connectivity index (χ2v) is 4.09. The number of nitrogens with zero attached hydrogens (tertiary/aromatic N) is 4. The number of nitrogens with one attached hydrogen (secondary N) is 1. The zero-order valence-electron chi connectivity index (χ0n) is 10.1. The number of aryl methyl sites for hydroxylation is 1.